The van der Waals surface area contributed by atoms with Crippen LogP contribution in [-0.2, 0) is 0 Å². The molecule has 1 atom stereocenters. The molecule has 2 heteroatoms. The van der Waals surface area contributed by atoms with Gasteiger partial charge in [0.05, 0.1) is 0 Å². The van der Waals surface area contributed by atoms with Crippen molar-refractivity contribution in [3.8, 4) is 0 Å². The molecule has 1 saturated heterocycles. The predicted molar refractivity (Wildman–Crippen MR) is 89.8 cm³/mol. The minimum absolute atomic E-state index is 0.712. The van der Waals surface area contributed by atoms with E-state index in [1.165, 1.54) is 44.5 Å². The Bertz CT molecular complexity index is 462. The summed E-state index contributed by atoms with van der Waals surface area (Å²) in [5.41, 5.74) is 2.93. The lowest BCUT2D eigenvalue weighted by Crippen LogP contribution is -2.42. The number of hydrogen-bond donors (Lipinski definition) is 1. The molecule has 1 aliphatic carbocycles. The first-order chi connectivity index (χ1) is 10.1. The van der Waals surface area contributed by atoms with E-state index in [1.807, 2.05) is 0 Å². The zero-order chi connectivity index (χ0) is 14.8. The topological polar surface area (TPSA) is 15.3 Å². The maximum atomic E-state index is 3.81. The summed E-state index contributed by atoms with van der Waals surface area (Å²) in [4.78, 5) is 2.61. The van der Waals surface area contributed by atoms with Crippen molar-refractivity contribution in [3.05, 3.63) is 35.4 Å². The molecular formula is C19H30N2. The van der Waals surface area contributed by atoms with Crippen molar-refractivity contribution in [3.63, 3.8) is 0 Å². The third kappa shape index (κ3) is 3.67. The van der Waals surface area contributed by atoms with E-state index in [9.17, 15) is 0 Å². The van der Waals surface area contributed by atoms with Crippen LogP contribution in [0.25, 0.3) is 0 Å². The van der Waals surface area contributed by atoms with Crippen LogP contribution < -0.4 is 5.32 Å². The van der Waals surface area contributed by atoms with Crippen LogP contribution in [0.4, 0.5) is 0 Å². The second-order valence-corrected chi connectivity index (χ2v) is 7.43. The van der Waals surface area contributed by atoms with Crippen molar-refractivity contribution in [2.75, 3.05) is 19.6 Å². The van der Waals surface area contributed by atoms with Gasteiger partial charge in [-0.3, -0.25) is 0 Å². The van der Waals surface area contributed by atoms with Crippen LogP contribution in [0.15, 0.2) is 24.3 Å². The summed E-state index contributed by atoms with van der Waals surface area (Å²) in [7, 11) is 0. The molecule has 0 amide bonds. The van der Waals surface area contributed by atoms with E-state index in [0.717, 1.165) is 17.9 Å². The normalized spacial score (nSPS) is 29.8. The van der Waals surface area contributed by atoms with Gasteiger partial charge in [0.25, 0.3) is 0 Å². The molecule has 1 N–H and O–H groups in total. The summed E-state index contributed by atoms with van der Waals surface area (Å²) < 4.78 is 0. The summed E-state index contributed by atoms with van der Waals surface area (Å²) in [6.45, 7) is 10.6. The van der Waals surface area contributed by atoms with E-state index in [1.54, 1.807) is 5.56 Å². The largest absolute Gasteiger partial charge is 0.314 e. The van der Waals surface area contributed by atoms with Gasteiger partial charge in [-0.05, 0) is 70.5 Å². The molecule has 1 heterocycles. The first kappa shape index (κ1) is 15.1. The lowest BCUT2D eigenvalue weighted by atomic mass is 9.75. The van der Waals surface area contributed by atoms with Gasteiger partial charge in [0.15, 0.2) is 0 Å². The van der Waals surface area contributed by atoms with E-state index >= 15 is 0 Å². The minimum atomic E-state index is 0.712. The summed E-state index contributed by atoms with van der Waals surface area (Å²) in [6.07, 6.45) is 4.02. The quantitative estimate of drug-likeness (QED) is 0.890. The maximum absolute atomic E-state index is 3.81. The summed E-state index contributed by atoms with van der Waals surface area (Å²) >= 11 is 0. The highest BCUT2D eigenvalue weighted by molar-refractivity contribution is 5.27. The van der Waals surface area contributed by atoms with Crippen LogP contribution in [0, 0.1) is 12.8 Å². The lowest BCUT2D eigenvalue weighted by Gasteiger charge is -2.37. The van der Waals surface area contributed by atoms with Crippen molar-refractivity contribution in [1.29, 1.82) is 0 Å². The number of hydrogen-bond acceptors (Lipinski definition) is 2. The van der Waals surface area contributed by atoms with Crippen LogP contribution in [0.2, 0.25) is 0 Å². The van der Waals surface area contributed by atoms with Gasteiger partial charge in [0, 0.05) is 18.6 Å². The van der Waals surface area contributed by atoms with Gasteiger partial charge < -0.3 is 10.2 Å². The Morgan fingerprint density at radius 1 is 1.29 bits per heavy atom. The molecule has 2 fully saturated rings. The van der Waals surface area contributed by atoms with Crippen molar-refractivity contribution >= 4 is 0 Å². The Kier molecular flexibility index (Phi) is 4.66. The summed E-state index contributed by atoms with van der Waals surface area (Å²) in [5, 5.41) is 3.81. The number of rotatable bonds is 5. The monoisotopic (exact) mass is 286 g/mol. The molecule has 2 nitrogen and oxygen atoms in total. The standard InChI is InChI=1S/C19H30N2/c1-14(2)21-8-7-16(13-21)12-20-19-10-18(11-19)17-6-4-5-15(3)9-17/h4-6,9,14,16,18-20H,7-8,10-13H2,1-3H3. The van der Waals surface area contributed by atoms with E-state index in [2.05, 4.69) is 55.3 Å². The van der Waals surface area contributed by atoms with E-state index in [4.69, 9.17) is 0 Å². The van der Waals surface area contributed by atoms with Gasteiger partial charge in [0.1, 0.15) is 0 Å². The second-order valence-electron chi connectivity index (χ2n) is 7.43. The SMILES string of the molecule is Cc1cccc(C2CC(NCC3CCN(C(C)C)C3)C2)c1. The number of benzene rings is 1. The van der Waals surface area contributed by atoms with E-state index < -0.39 is 0 Å². The fourth-order valence-electron chi connectivity index (χ4n) is 3.81. The highest BCUT2D eigenvalue weighted by Crippen LogP contribution is 2.37. The molecule has 1 unspecified atom stereocenters. The molecule has 0 spiro atoms. The molecule has 1 saturated carbocycles. The van der Waals surface area contributed by atoms with Crippen LogP contribution in [0.5, 0.6) is 0 Å². The third-order valence-electron chi connectivity index (χ3n) is 5.39. The zero-order valence-electron chi connectivity index (χ0n) is 13.8. The van der Waals surface area contributed by atoms with Crippen LogP contribution in [0.1, 0.15) is 50.2 Å². The zero-order valence-corrected chi connectivity index (χ0v) is 13.8. The molecule has 1 aromatic carbocycles. The number of nitrogens with one attached hydrogen (secondary N) is 1. The molecule has 0 radical (unpaired) electrons. The van der Waals surface area contributed by atoms with E-state index in [0.29, 0.717) is 6.04 Å². The molecule has 116 valence electrons. The first-order valence-electron chi connectivity index (χ1n) is 8.66. The molecule has 1 aliphatic heterocycles. The molecule has 2 aliphatic rings. The van der Waals surface area contributed by atoms with Gasteiger partial charge in [-0.15, -0.1) is 0 Å². The Morgan fingerprint density at radius 2 is 2.10 bits per heavy atom. The average Bonchev–Trinajstić information content (AvgIpc) is 2.86. The summed E-state index contributed by atoms with van der Waals surface area (Å²) in [5.74, 6) is 1.66. The number of likely N-dealkylation sites (tertiary alicyclic amines) is 1. The van der Waals surface area contributed by atoms with Crippen molar-refractivity contribution < 1.29 is 0 Å². The fourth-order valence-corrected chi connectivity index (χ4v) is 3.81. The number of nitrogens with zero attached hydrogens (tertiary/aromatic N) is 1. The van der Waals surface area contributed by atoms with Crippen molar-refractivity contribution in [2.45, 2.75) is 58.0 Å². The van der Waals surface area contributed by atoms with Crippen LogP contribution in [-0.4, -0.2) is 36.6 Å². The van der Waals surface area contributed by atoms with Gasteiger partial charge >= 0.3 is 0 Å². The van der Waals surface area contributed by atoms with Gasteiger partial charge in [-0.25, -0.2) is 0 Å². The van der Waals surface area contributed by atoms with Gasteiger partial charge in [-0.2, -0.15) is 0 Å². The van der Waals surface area contributed by atoms with Gasteiger partial charge in [-0.1, -0.05) is 29.8 Å². The van der Waals surface area contributed by atoms with Crippen molar-refractivity contribution in [2.24, 2.45) is 5.92 Å². The molecular weight excluding hydrogens is 256 g/mol. The molecule has 1 aromatic rings. The lowest BCUT2D eigenvalue weighted by molar-refractivity contribution is 0.250. The first-order valence-corrected chi connectivity index (χ1v) is 8.66. The van der Waals surface area contributed by atoms with E-state index in [-0.39, 0.29) is 0 Å². The highest BCUT2D eigenvalue weighted by Gasteiger charge is 2.31. The van der Waals surface area contributed by atoms with Crippen molar-refractivity contribution in [1.82, 2.24) is 10.2 Å². The van der Waals surface area contributed by atoms with Gasteiger partial charge in [0.2, 0.25) is 0 Å². The number of aryl methyl sites for hydroxylation is 1. The Hall–Kier alpha value is -0.860. The summed E-state index contributed by atoms with van der Waals surface area (Å²) in [6, 6.07) is 10.5. The highest BCUT2D eigenvalue weighted by atomic mass is 15.2. The van der Waals surface area contributed by atoms with Crippen LogP contribution >= 0.6 is 0 Å². The predicted octanol–water partition coefficient (Wildman–Crippen LogP) is 3.56. The smallest absolute Gasteiger partial charge is 0.00788 e. The Labute approximate surface area is 129 Å². The fraction of sp³-hybridized carbons (Fsp3) is 0.684. The Balaban J connectivity index is 1.38. The van der Waals surface area contributed by atoms with Crippen LogP contribution in [0.3, 0.4) is 0 Å². The second kappa shape index (κ2) is 6.50. The molecule has 0 aromatic heterocycles. The average molecular weight is 286 g/mol. The maximum Gasteiger partial charge on any atom is 0.00788 e. The third-order valence-corrected chi connectivity index (χ3v) is 5.39. The minimum Gasteiger partial charge on any atom is -0.314 e. The molecule has 0 bridgehead atoms. The Morgan fingerprint density at radius 3 is 2.76 bits per heavy atom. The molecule has 21 heavy (non-hydrogen) atoms. The molecule has 3 rings (SSSR count).